The molecule has 0 aliphatic carbocycles. The molecule has 1 unspecified atom stereocenters. The third-order valence-corrected chi connectivity index (χ3v) is 6.78. The summed E-state index contributed by atoms with van der Waals surface area (Å²) in [7, 11) is -3.54. The fourth-order valence-electron chi connectivity index (χ4n) is 3.26. The van der Waals surface area contributed by atoms with Crippen molar-refractivity contribution >= 4 is 21.8 Å². The van der Waals surface area contributed by atoms with Crippen molar-refractivity contribution in [1.29, 1.82) is 0 Å². The molecule has 0 spiro atoms. The van der Waals surface area contributed by atoms with Crippen LogP contribution in [-0.4, -0.2) is 61.7 Å². The van der Waals surface area contributed by atoms with E-state index in [0.29, 0.717) is 18.7 Å². The highest BCUT2D eigenvalue weighted by molar-refractivity contribution is 7.89. The molecule has 154 valence electrons. The molecule has 1 aliphatic heterocycles. The molecule has 1 heterocycles. The molecule has 29 heavy (non-hydrogen) atoms. The second-order valence-electron chi connectivity index (χ2n) is 7.04. The second-order valence-corrected chi connectivity index (χ2v) is 8.98. The topological polar surface area (TPSA) is 86.8 Å². The summed E-state index contributed by atoms with van der Waals surface area (Å²) >= 11 is 0. The molecule has 0 saturated carbocycles. The van der Waals surface area contributed by atoms with Gasteiger partial charge in [0.1, 0.15) is 0 Å². The van der Waals surface area contributed by atoms with Crippen LogP contribution in [0.2, 0.25) is 0 Å². The number of benzene rings is 2. The zero-order chi connectivity index (χ0) is 20.9. The molecule has 2 amide bonds. The number of carbonyl (C=O) groups is 2. The number of nitrogens with one attached hydrogen (secondary N) is 1. The Balaban J connectivity index is 1.50. The van der Waals surface area contributed by atoms with Crippen LogP contribution in [0.25, 0.3) is 0 Å². The molecule has 0 aromatic heterocycles. The van der Waals surface area contributed by atoms with Crippen molar-refractivity contribution in [2.45, 2.75) is 24.3 Å². The highest BCUT2D eigenvalue weighted by atomic mass is 32.2. The summed E-state index contributed by atoms with van der Waals surface area (Å²) < 4.78 is 26.8. The van der Waals surface area contributed by atoms with E-state index in [2.05, 4.69) is 5.32 Å². The van der Waals surface area contributed by atoms with Crippen LogP contribution in [0.3, 0.4) is 0 Å². The zero-order valence-corrected chi connectivity index (χ0v) is 17.1. The molecule has 3 rings (SSSR count). The number of rotatable bonds is 6. The molecule has 1 atom stereocenters. The average molecular weight is 416 g/mol. The van der Waals surface area contributed by atoms with Gasteiger partial charge >= 0.3 is 0 Å². The van der Waals surface area contributed by atoms with Gasteiger partial charge in [-0.3, -0.25) is 9.59 Å². The van der Waals surface area contributed by atoms with Gasteiger partial charge in [0.2, 0.25) is 15.9 Å². The molecule has 2 aromatic carbocycles. The van der Waals surface area contributed by atoms with Gasteiger partial charge in [0.05, 0.1) is 4.90 Å². The Morgan fingerprint density at radius 2 is 1.48 bits per heavy atom. The van der Waals surface area contributed by atoms with E-state index >= 15 is 0 Å². The van der Waals surface area contributed by atoms with Crippen molar-refractivity contribution in [3.8, 4) is 0 Å². The smallest absolute Gasteiger partial charge is 0.251 e. The fraction of sp³-hybridized carbons (Fsp3) is 0.333. The number of piperazine rings is 1. The van der Waals surface area contributed by atoms with E-state index in [1.54, 1.807) is 66.4 Å². The standard InChI is InChI=1S/C21H25N3O4S/c1-17(22-21(26)18-8-4-2-5-9-18)16-20(25)23-12-14-24(15-13-23)29(27,28)19-10-6-3-7-11-19/h2-11,17H,12-16H2,1H3,(H,22,26). The van der Waals surface area contributed by atoms with E-state index in [1.807, 2.05) is 6.07 Å². The first kappa shape index (κ1) is 21.0. The Morgan fingerprint density at radius 1 is 0.931 bits per heavy atom. The Labute approximate surface area is 171 Å². The highest BCUT2D eigenvalue weighted by Gasteiger charge is 2.30. The van der Waals surface area contributed by atoms with Crippen LogP contribution in [0.15, 0.2) is 65.6 Å². The fourth-order valence-corrected chi connectivity index (χ4v) is 4.70. The van der Waals surface area contributed by atoms with Crippen molar-refractivity contribution < 1.29 is 18.0 Å². The van der Waals surface area contributed by atoms with Crippen molar-refractivity contribution in [3.63, 3.8) is 0 Å². The maximum absolute atomic E-state index is 12.7. The number of hydrogen-bond donors (Lipinski definition) is 1. The summed E-state index contributed by atoms with van der Waals surface area (Å²) in [6.07, 6.45) is 0.171. The quantitative estimate of drug-likeness (QED) is 0.778. The van der Waals surface area contributed by atoms with E-state index < -0.39 is 10.0 Å². The van der Waals surface area contributed by atoms with Crippen molar-refractivity contribution in [3.05, 3.63) is 66.2 Å². The van der Waals surface area contributed by atoms with Gasteiger partial charge in [-0.1, -0.05) is 36.4 Å². The van der Waals surface area contributed by atoms with Crippen LogP contribution in [0, 0.1) is 0 Å². The summed E-state index contributed by atoms with van der Waals surface area (Å²) in [5.74, 6) is -0.313. The molecule has 1 aliphatic rings. The van der Waals surface area contributed by atoms with Crippen LogP contribution in [-0.2, 0) is 14.8 Å². The van der Waals surface area contributed by atoms with Crippen molar-refractivity contribution in [2.75, 3.05) is 26.2 Å². The third-order valence-electron chi connectivity index (χ3n) is 4.87. The van der Waals surface area contributed by atoms with Crippen LogP contribution in [0.1, 0.15) is 23.7 Å². The molecule has 0 radical (unpaired) electrons. The van der Waals surface area contributed by atoms with Gasteiger partial charge < -0.3 is 10.2 Å². The number of hydrogen-bond acceptors (Lipinski definition) is 4. The van der Waals surface area contributed by atoms with E-state index in [-0.39, 0.29) is 42.3 Å². The molecule has 0 bridgehead atoms. The zero-order valence-electron chi connectivity index (χ0n) is 16.3. The maximum atomic E-state index is 12.7. The Hall–Kier alpha value is -2.71. The predicted molar refractivity (Wildman–Crippen MR) is 110 cm³/mol. The Bertz CT molecular complexity index is 940. The Morgan fingerprint density at radius 3 is 2.07 bits per heavy atom. The molecule has 7 nitrogen and oxygen atoms in total. The minimum absolute atomic E-state index is 0.0948. The lowest BCUT2D eigenvalue weighted by Gasteiger charge is -2.34. The van der Waals surface area contributed by atoms with E-state index in [9.17, 15) is 18.0 Å². The summed E-state index contributed by atoms with van der Waals surface area (Å²) in [4.78, 5) is 26.7. The van der Waals surface area contributed by atoms with E-state index in [1.165, 1.54) is 4.31 Å². The SMILES string of the molecule is CC(CC(=O)N1CCN(S(=O)(=O)c2ccccc2)CC1)NC(=O)c1ccccc1. The molecular formula is C21H25N3O4S. The normalized spacial score (nSPS) is 16.2. The van der Waals surface area contributed by atoms with Crippen LogP contribution < -0.4 is 5.32 Å². The minimum atomic E-state index is -3.54. The summed E-state index contributed by atoms with van der Waals surface area (Å²) in [6.45, 7) is 2.98. The number of sulfonamides is 1. The van der Waals surface area contributed by atoms with Crippen LogP contribution >= 0.6 is 0 Å². The summed E-state index contributed by atoms with van der Waals surface area (Å²) in [5, 5.41) is 2.83. The van der Waals surface area contributed by atoms with E-state index in [0.717, 1.165) is 0 Å². The predicted octanol–water partition coefficient (Wildman–Crippen LogP) is 1.73. The molecule has 1 saturated heterocycles. The number of carbonyl (C=O) groups excluding carboxylic acids is 2. The lowest BCUT2D eigenvalue weighted by atomic mass is 10.1. The number of amides is 2. The summed E-state index contributed by atoms with van der Waals surface area (Å²) in [5.41, 5.74) is 0.548. The lowest BCUT2D eigenvalue weighted by Crippen LogP contribution is -2.51. The minimum Gasteiger partial charge on any atom is -0.349 e. The Kier molecular flexibility index (Phi) is 6.66. The van der Waals surface area contributed by atoms with Gasteiger partial charge in [-0.2, -0.15) is 4.31 Å². The molecule has 1 N–H and O–H groups in total. The third kappa shape index (κ3) is 5.21. The average Bonchev–Trinajstić information content (AvgIpc) is 2.75. The van der Waals surface area contributed by atoms with Gasteiger partial charge in [0.15, 0.2) is 0 Å². The highest BCUT2D eigenvalue weighted by Crippen LogP contribution is 2.17. The number of nitrogens with zero attached hydrogens (tertiary/aromatic N) is 2. The maximum Gasteiger partial charge on any atom is 0.251 e. The largest absolute Gasteiger partial charge is 0.349 e. The van der Waals surface area contributed by atoms with Gasteiger partial charge in [0, 0.05) is 44.2 Å². The van der Waals surface area contributed by atoms with Gasteiger partial charge in [0.25, 0.3) is 5.91 Å². The molecule has 1 fully saturated rings. The van der Waals surface area contributed by atoms with Gasteiger partial charge in [-0.05, 0) is 31.2 Å². The first-order valence-corrected chi connectivity index (χ1v) is 11.0. The van der Waals surface area contributed by atoms with E-state index in [4.69, 9.17) is 0 Å². The monoisotopic (exact) mass is 415 g/mol. The second kappa shape index (κ2) is 9.19. The van der Waals surface area contributed by atoms with Crippen LogP contribution in [0.5, 0.6) is 0 Å². The van der Waals surface area contributed by atoms with Crippen molar-refractivity contribution in [1.82, 2.24) is 14.5 Å². The lowest BCUT2D eigenvalue weighted by molar-refractivity contribution is -0.132. The molecule has 2 aromatic rings. The molecular weight excluding hydrogens is 390 g/mol. The first-order valence-electron chi connectivity index (χ1n) is 9.57. The van der Waals surface area contributed by atoms with Gasteiger partial charge in [-0.15, -0.1) is 0 Å². The summed E-state index contributed by atoms with van der Waals surface area (Å²) in [6, 6.07) is 16.8. The van der Waals surface area contributed by atoms with Crippen molar-refractivity contribution in [2.24, 2.45) is 0 Å². The van der Waals surface area contributed by atoms with Crippen LogP contribution in [0.4, 0.5) is 0 Å². The first-order chi connectivity index (χ1) is 13.9. The van der Waals surface area contributed by atoms with Gasteiger partial charge in [-0.25, -0.2) is 8.42 Å². The molecule has 8 heteroatoms.